The van der Waals surface area contributed by atoms with Crippen LogP contribution in [0.1, 0.15) is 57.7 Å². The molecule has 1 saturated carbocycles. The van der Waals surface area contributed by atoms with Gasteiger partial charge in [-0.05, 0) is 31.6 Å². The van der Waals surface area contributed by atoms with Gasteiger partial charge in [-0.1, -0.05) is 24.5 Å². The van der Waals surface area contributed by atoms with Gasteiger partial charge in [0.25, 0.3) is 0 Å². The number of carbonyl (C=O) groups excluding carboxylic acids is 1. The number of rotatable bonds is 9. The van der Waals surface area contributed by atoms with Gasteiger partial charge in [0.05, 0.1) is 0 Å². The number of hydrogen-bond donors (Lipinski definition) is 2. The van der Waals surface area contributed by atoms with E-state index in [4.69, 9.17) is 4.74 Å². The Balaban J connectivity index is 1.63. The van der Waals surface area contributed by atoms with Crippen molar-refractivity contribution >= 4 is 5.97 Å². The minimum Gasteiger partial charge on any atom is -0.462 e. The maximum absolute atomic E-state index is 11.2. The van der Waals surface area contributed by atoms with Crippen LogP contribution >= 0.6 is 0 Å². The van der Waals surface area contributed by atoms with Crippen molar-refractivity contribution in [2.45, 2.75) is 64.4 Å². The molecule has 1 aliphatic carbocycles. The second-order valence-corrected chi connectivity index (χ2v) is 6.11. The quantitative estimate of drug-likeness (QED) is 0.531. The number of carbonyl (C=O) groups is 1. The predicted octanol–water partition coefficient (Wildman–Crippen LogP) is 1.64. The van der Waals surface area contributed by atoms with E-state index in [1.54, 1.807) is 0 Å². The maximum atomic E-state index is 11.2. The molecule has 1 heterocycles. The van der Waals surface area contributed by atoms with E-state index in [9.17, 15) is 9.90 Å². The minimum absolute atomic E-state index is 0.00557. The molecular weight excluding hydrogens is 284 g/mol. The van der Waals surface area contributed by atoms with Gasteiger partial charge in [0, 0.05) is 25.9 Å². The van der Waals surface area contributed by atoms with Gasteiger partial charge in [-0.3, -0.25) is 4.79 Å². The number of nitrogens with one attached hydrogen (secondary N) is 1. The van der Waals surface area contributed by atoms with Crippen molar-refractivity contribution in [3.63, 3.8) is 0 Å². The average Bonchev–Trinajstić information content (AvgIpc) is 3.12. The smallest absolute Gasteiger partial charge is 0.302 e. The highest BCUT2D eigenvalue weighted by Gasteiger charge is 2.37. The van der Waals surface area contributed by atoms with E-state index in [2.05, 4.69) is 20.6 Å². The third-order valence-electron chi connectivity index (χ3n) is 4.53. The van der Waals surface area contributed by atoms with E-state index < -0.39 is 0 Å². The minimum atomic E-state index is -0.214. The average molecular weight is 310 g/mol. The standard InChI is InChI=1S/C15H26N4O3/c1-11(21)22-14-9-8-12(10-20)13(14)6-4-2-3-5-7-15-16-18-19-17-15/h12-14,20H,2-10H2,1H3,(H,16,17,18,19)/t12-,13-,14+/m1/s1. The lowest BCUT2D eigenvalue weighted by Gasteiger charge is -2.23. The van der Waals surface area contributed by atoms with E-state index in [0.29, 0.717) is 5.92 Å². The molecule has 0 saturated heterocycles. The van der Waals surface area contributed by atoms with Crippen molar-refractivity contribution in [2.75, 3.05) is 6.61 Å². The zero-order valence-electron chi connectivity index (χ0n) is 13.2. The first kappa shape index (κ1) is 16.9. The van der Waals surface area contributed by atoms with E-state index in [1.807, 2.05) is 0 Å². The number of esters is 1. The highest BCUT2D eigenvalue weighted by molar-refractivity contribution is 5.66. The predicted molar refractivity (Wildman–Crippen MR) is 79.8 cm³/mol. The summed E-state index contributed by atoms with van der Waals surface area (Å²) in [5.74, 6) is 1.15. The lowest BCUT2D eigenvalue weighted by atomic mass is 9.89. The van der Waals surface area contributed by atoms with E-state index in [-0.39, 0.29) is 24.6 Å². The van der Waals surface area contributed by atoms with Crippen LogP contribution in [0.25, 0.3) is 0 Å². The summed E-state index contributed by atoms with van der Waals surface area (Å²) in [6, 6.07) is 0. The number of hydrogen-bond acceptors (Lipinski definition) is 6. The lowest BCUT2D eigenvalue weighted by Crippen LogP contribution is -2.25. The molecule has 0 amide bonds. The van der Waals surface area contributed by atoms with Gasteiger partial charge < -0.3 is 9.84 Å². The molecule has 0 spiro atoms. The number of aromatic amines is 1. The zero-order chi connectivity index (χ0) is 15.8. The molecule has 22 heavy (non-hydrogen) atoms. The number of ether oxygens (including phenoxy) is 1. The first-order valence-electron chi connectivity index (χ1n) is 8.21. The van der Waals surface area contributed by atoms with Gasteiger partial charge in [-0.15, -0.1) is 10.2 Å². The number of nitrogens with zero attached hydrogens (tertiary/aromatic N) is 3. The summed E-state index contributed by atoms with van der Waals surface area (Å²) in [6.07, 6.45) is 8.13. The third kappa shape index (κ3) is 5.05. The van der Waals surface area contributed by atoms with Gasteiger partial charge >= 0.3 is 5.97 Å². The molecule has 1 aromatic heterocycles. The van der Waals surface area contributed by atoms with Crippen LogP contribution in [-0.4, -0.2) is 44.4 Å². The SMILES string of the molecule is CC(=O)O[C@H]1CC[C@H](CO)[C@H]1CCCCCCc1nn[nH]n1. The summed E-state index contributed by atoms with van der Waals surface area (Å²) < 4.78 is 5.41. The Morgan fingerprint density at radius 1 is 1.32 bits per heavy atom. The first-order valence-corrected chi connectivity index (χ1v) is 8.21. The molecule has 0 aliphatic heterocycles. The van der Waals surface area contributed by atoms with Crippen molar-refractivity contribution in [1.29, 1.82) is 0 Å². The number of aliphatic hydroxyl groups excluding tert-OH is 1. The van der Waals surface area contributed by atoms with Crippen LogP contribution in [-0.2, 0) is 16.0 Å². The van der Waals surface area contributed by atoms with Crippen molar-refractivity contribution in [2.24, 2.45) is 11.8 Å². The monoisotopic (exact) mass is 310 g/mol. The fraction of sp³-hybridized carbons (Fsp3) is 0.867. The number of tetrazole rings is 1. The molecular formula is C15H26N4O3. The molecule has 7 heteroatoms. The van der Waals surface area contributed by atoms with Crippen molar-refractivity contribution < 1.29 is 14.6 Å². The number of aryl methyl sites for hydroxylation is 1. The molecule has 1 aromatic rings. The molecule has 2 N–H and O–H groups in total. The summed E-state index contributed by atoms with van der Waals surface area (Å²) in [6.45, 7) is 1.65. The third-order valence-corrected chi connectivity index (χ3v) is 4.53. The van der Waals surface area contributed by atoms with Crippen molar-refractivity contribution in [3.05, 3.63) is 5.82 Å². The Kier molecular flexibility index (Phi) is 6.76. The van der Waals surface area contributed by atoms with Crippen LogP contribution in [0, 0.1) is 11.8 Å². The summed E-state index contributed by atoms with van der Waals surface area (Å²) in [4.78, 5) is 11.2. The van der Waals surface area contributed by atoms with Crippen LogP contribution in [0.2, 0.25) is 0 Å². The van der Waals surface area contributed by atoms with Gasteiger partial charge in [0.15, 0.2) is 5.82 Å². The van der Waals surface area contributed by atoms with Gasteiger partial charge in [0.1, 0.15) is 6.10 Å². The number of H-pyrrole nitrogens is 1. The molecule has 1 aliphatic rings. The summed E-state index contributed by atoms with van der Waals surface area (Å²) in [5, 5.41) is 23.3. The number of aliphatic hydroxyl groups is 1. The molecule has 124 valence electrons. The molecule has 0 bridgehead atoms. The van der Waals surface area contributed by atoms with Gasteiger partial charge in [-0.2, -0.15) is 5.21 Å². The molecule has 3 atom stereocenters. The van der Waals surface area contributed by atoms with E-state index in [0.717, 1.165) is 57.2 Å². The second-order valence-electron chi connectivity index (χ2n) is 6.11. The Hall–Kier alpha value is -1.50. The van der Waals surface area contributed by atoms with Crippen LogP contribution in [0.5, 0.6) is 0 Å². The summed E-state index contributed by atoms with van der Waals surface area (Å²) in [5.41, 5.74) is 0. The van der Waals surface area contributed by atoms with Crippen LogP contribution < -0.4 is 0 Å². The Morgan fingerprint density at radius 2 is 2.14 bits per heavy atom. The Bertz CT molecular complexity index is 438. The van der Waals surface area contributed by atoms with Crippen LogP contribution in [0.3, 0.4) is 0 Å². The molecule has 0 radical (unpaired) electrons. The zero-order valence-corrected chi connectivity index (χ0v) is 13.2. The Labute approximate surface area is 130 Å². The lowest BCUT2D eigenvalue weighted by molar-refractivity contribution is -0.148. The first-order chi connectivity index (χ1) is 10.7. The molecule has 7 nitrogen and oxygen atoms in total. The van der Waals surface area contributed by atoms with Gasteiger partial charge in [-0.25, -0.2) is 0 Å². The van der Waals surface area contributed by atoms with E-state index >= 15 is 0 Å². The largest absolute Gasteiger partial charge is 0.462 e. The summed E-state index contributed by atoms with van der Waals surface area (Å²) >= 11 is 0. The topological polar surface area (TPSA) is 101 Å². The fourth-order valence-electron chi connectivity index (χ4n) is 3.42. The Morgan fingerprint density at radius 3 is 2.82 bits per heavy atom. The van der Waals surface area contributed by atoms with E-state index in [1.165, 1.54) is 6.92 Å². The maximum Gasteiger partial charge on any atom is 0.302 e. The molecule has 0 aromatic carbocycles. The van der Waals surface area contributed by atoms with Crippen LogP contribution in [0.15, 0.2) is 0 Å². The molecule has 0 unspecified atom stereocenters. The molecule has 1 fully saturated rings. The fourth-order valence-corrected chi connectivity index (χ4v) is 3.42. The van der Waals surface area contributed by atoms with Crippen LogP contribution in [0.4, 0.5) is 0 Å². The van der Waals surface area contributed by atoms with Crippen molar-refractivity contribution in [1.82, 2.24) is 20.6 Å². The normalized spacial score (nSPS) is 24.5. The van der Waals surface area contributed by atoms with Crippen molar-refractivity contribution in [3.8, 4) is 0 Å². The summed E-state index contributed by atoms with van der Waals surface area (Å²) in [7, 11) is 0. The molecule has 2 rings (SSSR count). The van der Waals surface area contributed by atoms with Gasteiger partial charge in [0.2, 0.25) is 0 Å². The highest BCUT2D eigenvalue weighted by Crippen LogP contribution is 2.37. The highest BCUT2D eigenvalue weighted by atomic mass is 16.5. The number of aromatic nitrogens is 4. The number of unbranched alkanes of at least 4 members (excludes halogenated alkanes) is 3. The second kappa shape index (κ2) is 8.82.